The highest BCUT2D eigenvalue weighted by Gasteiger charge is 2.34. The van der Waals surface area contributed by atoms with Crippen molar-refractivity contribution in [2.24, 2.45) is 5.92 Å². The Morgan fingerprint density at radius 1 is 1.27 bits per heavy atom. The van der Waals surface area contributed by atoms with Gasteiger partial charge in [-0.25, -0.2) is 0 Å². The maximum absolute atomic E-state index is 12.5. The number of likely N-dealkylation sites (tertiary alicyclic amines) is 1. The number of anilines is 1. The predicted molar refractivity (Wildman–Crippen MR) is 101 cm³/mol. The summed E-state index contributed by atoms with van der Waals surface area (Å²) in [4.78, 5) is 26.5. The second-order valence-corrected chi connectivity index (χ2v) is 6.91. The number of amides is 2. The van der Waals surface area contributed by atoms with Crippen LogP contribution in [-0.4, -0.2) is 30.4 Å². The zero-order valence-corrected chi connectivity index (χ0v) is 15.5. The van der Waals surface area contributed by atoms with E-state index < -0.39 is 0 Å². The van der Waals surface area contributed by atoms with Crippen LogP contribution in [-0.2, 0) is 16.1 Å². The largest absolute Gasteiger partial charge is 0.495 e. The van der Waals surface area contributed by atoms with Crippen LogP contribution in [0.4, 0.5) is 5.69 Å². The Bertz CT molecular complexity index is 820. The molecule has 1 aliphatic heterocycles. The van der Waals surface area contributed by atoms with Gasteiger partial charge in [-0.3, -0.25) is 9.59 Å². The third-order valence-corrected chi connectivity index (χ3v) is 4.79. The summed E-state index contributed by atoms with van der Waals surface area (Å²) in [6.45, 7) is 2.97. The van der Waals surface area contributed by atoms with Crippen LogP contribution in [0.25, 0.3) is 0 Å². The molecular weight excluding hydrogens is 352 g/mol. The Morgan fingerprint density at radius 3 is 2.65 bits per heavy atom. The number of carbonyl (C=O) groups is 2. The Balaban J connectivity index is 1.61. The fraction of sp³-hybridized carbons (Fsp3) is 0.300. The summed E-state index contributed by atoms with van der Waals surface area (Å²) in [6.07, 6.45) is 0.224. The standard InChI is InChI=1S/C20H21ClN2O3/c1-13-3-5-14(6-4-13)11-23-12-15(9-19(23)24)20(25)22-16-7-8-18(26-2)17(21)10-16/h3-8,10,15H,9,11-12H2,1-2H3,(H,22,25)/t15-/m0/s1. The number of methoxy groups -OCH3 is 1. The lowest BCUT2D eigenvalue weighted by atomic mass is 10.1. The number of aryl methyl sites for hydroxylation is 1. The molecule has 1 saturated heterocycles. The molecule has 1 N–H and O–H groups in total. The summed E-state index contributed by atoms with van der Waals surface area (Å²) in [5.74, 6) is 0.00304. The maximum Gasteiger partial charge on any atom is 0.229 e. The molecule has 0 saturated carbocycles. The lowest BCUT2D eigenvalue weighted by Gasteiger charge is -2.17. The molecule has 1 fully saturated rings. The van der Waals surface area contributed by atoms with Crippen LogP contribution in [0.15, 0.2) is 42.5 Å². The zero-order valence-electron chi connectivity index (χ0n) is 14.8. The van der Waals surface area contributed by atoms with Gasteiger partial charge in [0.15, 0.2) is 0 Å². The van der Waals surface area contributed by atoms with Crippen molar-refractivity contribution in [3.8, 4) is 5.75 Å². The van der Waals surface area contributed by atoms with Gasteiger partial charge in [-0.1, -0.05) is 41.4 Å². The summed E-state index contributed by atoms with van der Waals surface area (Å²) in [5.41, 5.74) is 2.83. The second kappa shape index (κ2) is 7.79. The third-order valence-electron chi connectivity index (χ3n) is 4.50. The number of hydrogen-bond donors (Lipinski definition) is 1. The van der Waals surface area contributed by atoms with Gasteiger partial charge in [-0.15, -0.1) is 0 Å². The molecule has 2 aromatic rings. The highest BCUT2D eigenvalue weighted by atomic mass is 35.5. The van der Waals surface area contributed by atoms with Gasteiger partial charge in [0.1, 0.15) is 5.75 Å². The van der Waals surface area contributed by atoms with Crippen molar-refractivity contribution in [2.75, 3.05) is 19.0 Å². The SMILES string of the molecule is COc1ccc(NC(=O)[C@H]2CC(=O)N(Cc3ccc(C)cc3)C2)cc1Cl. The molecular formula is C20H21ClN2O3. The van der Waals surface area contributed by atoms with Crippen molar-refractivity contribution in [1.82, 2.24) is 4.90 Å². The molecule has 26 heavy (non-hydrogen) atoms. The van der Waals surface area contributed by atoms with Crippen LogP contribution in [0.2, 0.25) is 5.02 Å². The van der Waals surface area contributed by atoms with Gasteiger partial charge in [0, 0.05) is 25.2 Å². The Labute approximate surface area is 157 Å². The first-order valence-corrected chi connectivity index (χ1v) is 8.82. The lowest BCUT2D eigenvalue weighted by molar-refractivity contribution is -0.128. The molecule has 2 amide bonds. The fourth-order valence-corrected chi connectivity index (χ4v) is 3.26. The van der Waals surface area contributed by atoms with Crippen molar-refractivity contribution in [3.63, 3.8) is 0 Å². The van der Waals surface area contributed by atoms with E-state index in [1.165, 1.54) is 12.7 Å². The highest BCUT2D eigenvalue weighted by Crippen LogP contribution is 2.28. The van der Waals surface area contributed by atoms with Crippen molar-refractivity contribution in [3.05, 3.63) is 58.6 Å². The Hall–Kier alpha value is -2.53. The van der Waals surface area contributed by atoms with Gasteiger partial charge in [-0.2, -0.15) is 0 Å². The van der Waals surface area contributed by atoms with Crippen LogP contribution in [0.3, 0.4) is 0 Å². The third kappa shape index (κ3) is 4.17. The van der Waals surface area contributed by atoms with Crippen LogP contribution >= 0.6 is 11.6 Å². The molecule has 0 aliphatic carbocycles. The molecule has 5 nitrogen and oxygen atoms in total. The van der Waals surface area contributed by atoms with Crippen molar-refractivity contribution < 1.29 is 14.3 Å². The van der Waals surface area contributed by atoms with Crippen molar-refractivity contribution in [1.29, 1.82) is 0 Å². The number of benzene rings is 2. The number of nitrogens with one attached hydrogen (secondary N) is 1. The average molecular weight is 373 g/mol. The first-order chi connectivity index (χ1) is 12.5. The van der Waals surface area contributed by atoms with Gasteiger partial charge in [0.2, 0.25) is 11.8 Å². The molecule has 0 aromatic heterocycles. The molecule has 0 spiro atoms. The van der Waals surface area contributed by atoms with Gasteiger partial charge in [-0.05, 0) is 30.7 Å². The Morgan fingerprint density at radius 2 is 2.00 bits per heavy atom. The monoisotopic (exact) mass is 372 g/mol. The summed E-state index contributed by atoms with van der Waals surface area (Å²) in [7, 11) is 1.53. The second-order valence-electron chi connectivity index (χ2n) is 6.50. The minimum absolute atomic E-state index is 0.00140. The van der Waals surface area contributed by atoms with Crippen LogP contribution < -0.4 is 10.1 Å². The molecule has 136 valence electrons. The molecule has 0 unspecified atom stereocenters. The molecule has 1 aliphatic rings. The van der Waals surface area contributed by atoms with Crippen molar-refractivity contribution in [2.45, 2.75) is 19.9 Å². The molecule has 3 rings (SSSR count). The molecule has 0 bridgehead atoms. The minimum atomic E-state index is -0.367. The fourth-order valence-electron chi connectivity index (χ4n) is 3.00. The predicted octanol–water partition coefficient (Wildman–Crippen LogP) is 3.64. The van der Waals surface area contributed by atoms with E-state index in [1.807, 2.05) is 31.2 Å². The Kier molecular flexibility index (Phi) is 5.47. The normalized spacial score (nSPS) is 16.7. The average Bonchev–Trinajstić information content (AvgIpc) is 2.98. The van der Waals surface area contributed by atoms with E-state index in [9.17, 15) is 9.59 Å². The number of rotatable bonds is 5. The lowest BCUT2D eigenvalue weighted by Crippen LogP contribution is -2.28. The molecule has 1 atom stereocenters. The topological polar surface area (TPSA) is 58.6 Å². The van der Waals surface area contributed by atoms with Gasteiger partial charge in [0.05, 0.1) is 18.1 Å². The quantitative estimate of drug-likeness (QED) is 0.871. The van der Waals surface area contributed by atoms with E-state index >= 15 is 0 Å². The van der Waals surface area contributed by atoms with E-state index in [0.717, 1.165) is 5.56 Å². The number of ether oxygens (including phenoxy) is 1. The van der Waals surface area contributed by atoms with E-state index in [-0.39, 0.29) is 24.2 Å². The molecule has 2 aromatic carbocycles. The maximum atomic E-state index is 12.5. The number of carbonyl (C=O) groups excluding carboxylic acids is 2. The molecule has 1 heterocycles. The van der Waals surface area contributed by atoms with E-state index in [2.05, 4.69) is 5.32 Å². The van der Waals surface area contributed by atoms with Gasteiger partial charge in [0.25, 0.3) is 0 Å². The molecule has 6 heteroatoms. The number of nitrogens with zero attached hydrogens (tertiary/aromatic N) is 1. The highest BCUT2D eigenvalue weighted by molar-refractivity contribution is 6.32. The van der Waals surface area contributed by atoms with E-state index in [1.54, 1.807) is 23.1 Å². The first-order valence-electron chi connectivity index (χ1n) is 8.44. The minimum Gasteiger partial charge on any atom is -0.495 e. The van der Waals surface area contributed by atoms with Gasteiger partial charge >= 0.3 is 0 Å². The molecule has 0 radical (unpaired) electrons. The number of halogens is 1. The summed E-state index contributed by atoms with van der Waals surface area (Å²) >= 11 is 6.08. The van der Waals surface area contributed by atoms with Crippen LogP contribution in [0.5, 0.6) is 5.75 Å². The van der Waals surface area contributed by atoms with Crippen LogP contribution in [0.1, 0.15) is 17.5 Å². The van der Waals surface area contributed by atoms with Gasteiger partial charge < -0.3 is 15.0 Å². The van der Waals surface area contributed by atoms with E-state index in [4.69, 9.17) is 16.3 Å². The summed E-state index contributed by atoms with van der Waals surface area (Å²) in [5, 5.41) is 3.26. The number of hydrogen-bond acceptors (Lipinski definition) is 3. The smallest absolute Gasteiger partial charge is 0.229 e. The summed E-state index contributed by atoms with van der Waals surface area (Å²) < 4.78 is 5.10. The first kappa shape index (κ1) is 18.3. The van der Waals surface area contributed by atoms with Crippen molar-refractivity contribution >= 4 is 29.1 Å². The van der Waals surface area contributed by atoms with E-state index in [0.29, 0.717) is 29.5 Å². The van der Waals surface area contributed by atoms with Crippen LogP contribution in [0, 0.1) is 12.8 Å². The zero-order chi connectivity index (χ0) is 18.7. The summed E-state index contributed by atoms with van der Waals surface area (Å²) in [6, 6.07) is 13.1.